The summed E-state index contributed by atoms with van der Waals surface area (Å²) in [5.74, 6) is 0.746. The molecule has 1 aromatic rings. The van der Waals surface area contributed by atoms with Crippen molar-refractivity contribution in [1.29, 1.82) is 0 Å². The van der Waals surface area contributed by atoms with Gasteiger partial charge >= 0.3 is 0 Å². The van der Waals surface area contributed by atoms with Crippen LogP contribution in [0.15, 0.2) is 17.0 Å². The molecule has 118 valence electrons. The van der Waals surface area contributed by atoms with E-state index < -0.39 is 10.0 Å². The van der Waals surface area contributed by atoms with Crippen LogP contribution in [0.5, 0.6) is 0 Å². The van der Waals surface area contributed by atoms with Crippen LogP contribution in [0.2, 0.25) is 5.02 Å². The molecular weight excluding hydrogens is 329 g/mol. The highest BCUT2D eigenvalue weighted by Crippen LogP contribution is 2.31. The molecule has 0 N–H and O–H groups in total. The summed E-state index contributed by atoms with van der Waals surface area (Å²) in [5.41, 5.74) is 1.46. The molecule has 0 radical (unpaired) electrons. The number of alkyl halides is 1. The van der Waals surface area contributed by atoms with E-state index in [-0.39, 0.29) is 10.8 Å². The van der Waals surface area contributed by atoms with Crippen LogP contribution in [0.1, 0.15) is 37.3 Å². The van der Waals surface area contributed by atoms with Gasteiger partial charge in [0.25, 0.3) is 0 Å². The van der Waals surface area contributed by atoms with E-state index in [0.29, 0.717) is 29.6 Å². The van der Waals surface area contributed by atoms with Gasteiger partial charge in [0.2, 0.25) is 10.0 Å². The van der Waals surface area contributed by atoms with Gasteiger partial charge in [0.1, 0.15) is 0 Å². The van der Waals surface area contributed by atoms with Gasteiger partial charge in [-0.1, -0.05) is 24.9 Å². The van der Waals surface area contributed by atoms with Gasteiger partial charge in [0.05, 0.1) is 4.90 Å². The molecule has 0 atom stereocenters. The second-order valence-corrected chi connectivity index (χ2v) is 8.18. The van der Waals surface area contributed by atoms with Crippen molar-refractivity contribution in [2.45, 2.75) is 43.9 Å². The Morgan fingerprint density at radius 1 is 1.33 bits per heavy atom. The predicted octanol–water partition coefficient (Wildman–Crippen LogP) is 4.20. The van der Waals surface area contributed by atoms with Gasteiger partial charge in [-0.05, 0) is 48.9 Å². The first-order chi connectivity index (χ1) is 9.90. The van der Waals surface area contributed by atoms with E-state index in [0.717, 1.165) is 18.4 Å². The van der Waals surface area contributed by atoms with Crippen molar-refractivity contribution in [3.8, 4) is 0 Å². The van der Waals surface area contributed by atoms with E-state index in [2.05, 4.69) is 0 Å². The highest BCUT2D eigenvalue weighted by Gasteiger charge is 2.30. The SMILES string of the molecule is CCN(CC1CCC1)S(=O)(=O)c1cc(Cl)cc(CCl)c1C. The van der Waals surface area contributed by atoms with E-state index in [1.165, 1.54) is 12.5 Å². The van der Waals surface area contributed by atoms with E-state index >= 15 is 0 Å². The third-order valence-electron chi connectivity index (χ3n) is 4.23. The smallest absolute Gasteiger partial charge is 0.207 e. The molecule has 0 unspecified atom stereocenters. The number of nitrogens with zero attached hydrogens (tertiary/aromatic N) is 1. The molecule has 6 heteroatoms. The summed E-state index contributed by atoms with van der Waals surface area (Å²) in [6.07, 6.45) is 3.44. The van der Waals surface area contributed by atoms with Crippen LogP contribution in [0.3, 0.4) is 0 Å². The zero-order valence-corrected chi connectivity index (χ0v) is 14.7. The molecule has 0 bridgehead atoms. The van der Waals surface area contributed by atoms with Crippen LogP contribution in [0.25, 0.3) is 0 Å². The Morgan fingerprint density at radius 3 is 2.48 bits per heavy atom. The Kier molecular flexibility index (Phi) is 5.58. The van der Waals surface area contributed by atoms with Crippen LogP contribution in [0, 0.1) is 12.8 Å². The van der Waals surface area contributed by atoms with Crippen LogP contribution >= 0.6 is 23.2 Å². The molecule has 0 spiro atoms. The minimum absolute atomic E-state index is 0.254. The topological polar surface area (TPSA) is 37.4 Å². The third-order valence-corrected chi connectivity index (χ3v) is 6.81. The zero-order valence-electron chi connectivity index (χ0n) is 12.4. The molecule has 0 aromatic heterocycles. The minimum Gasteiger partial charge on any atom is -0.207 e. The summed E-state index contributed by atoms with van der Waals surface area (Å²) in [6, 6.07) is 3.26. The maximum atomic E-state index is 12.9. The van der Waals surface area contributed by atoms with Crippen molar-refractivity contribution in [2.75, 3.05) is 13.1 Å². The van der Waals surface area contributed by atoms with E-state index in [1.54, 1.807) is 17.3 Å². The fourth-order valence-corrected chi connectivity index (χ4v) is 5.02. The second-order valence-electron chi connectivity index (χ2n) is 5.57. The Balaban J connectivity index is 2.39. The quantitative estimate of drug-likeness (QED) is 0.721. The van der Waals surface area contributed by atoms with Crippen LogP contribution in [-0.4, -0.2) is 25.8 Å². The van der Waals surface area contributed by atoms with Crippen molar-refractivity contribution in [2.24, 2.45) is 5.92 Å². The number of hydrogen-bond acceptors (Lipinski definition) is 2. The van der Waals surface area contributed by atoms with Gasteiger partial charge in [-0.2, -0.15) is 4.31 Å². The van der Waals surface area contributed by atoms with Gasteiger partial charge in [-0.15, -0.1) is 11.6 Å². The Morgan fingerprint density at radius 2 is 2.00 bits per heavy atom. The van der Waals surface area contributed by atoms with Crippen LogP contribution in [-0.2, 0) is 15.9 Å². The van der Waals surface area contributed by atoms with Gasteiger partial charge in [-0.3, -0.25) is 0 Å². The zero-order chi connectivity index (χ0) is 15.6. The number of hydrogen-bond donors (Lipinski definition) is 0. The lowest BCUT2D eigenvalue weighted by Crippen LogP contribution is -2.37. The summed E-state index contributed by atoms with van der Waals surface area (Å²) in [6.45, 7) is 4.73. The Labute approximate surface area is 137 Å². The first kappa shape index (κ1) is 17.1. The lowest BCUT2D eigenvalue weighted by Gasteiger charge is -2.31. The van der Waals surface area contributed by atoms with Crippen LogP contribution in [0.4, 0.5) is 0 Å². The molecule has 21 heavy (non-hydrogen) atoms. The molecule has 3 nitrogen and oxygen atoms in total. The number of sulfonamides is 1. The minimum atomic E-state index is -3.52. The summed E-state index contributed by atoms with van der Waals surface area (Å²) in [4.78, 5) is 0.284. The van der Waals surface area contributed by atoms with Crippen molar-refractivity contribution in [1.82, 2.24) is 4.31 Å². The second kappa shape index (κ2) is 6.86. The third kappa shape index (κ3) is 3.55. The van der Waals surface area contributed by atoms with Crippen molar-refractivity contribution >= 4 is 33.2 Å². The summed E-state index contributed by atoms with van der Waals surface area (Å²) in [5, 5.41) is 0.412. The Hall–Kier alpha value is -0.290. The molecule has 1 aliphatic rings. The normalized spacial score (nSPS) is 16.2. The average molecular weight is 350 g/mol. The van der Waals surface area contributed by atoms with Crippen LogP contribution < -0.4 is 0 Å². The summed E-state index contributed by atoms with van der Waals surface area (Å²) >= 11 is 11.9. The monoisotopic (exact) mass is 349 g/mol. The summed E-state index contributed by atoms with van der Waals surface area (Å²) in [7, 11) is -3.52. The molecule has 1 aromatic carbocycles. The number of halogens is 2. The standard InChI is InChI=1S/C15H21Cl2NO2S/c1-3-18(10-12-5-4-6-12)21(19,20)15-8-14(17)7-13(9-16)11(15)2/h7-8,12H,3-6,9-10H2,1-2H3. The molecule has 0 aliphatic heterocycles. The van der Waals surface area contributed by atoms with E-state index in [1.807, 2.05) is 6.92 Å². The largest absolute Gasteiger partial charge is 0.243 e. The highest BCUT2D eigenvalue weighted by atomic mass is 35.5. The van der Waals surface area contributed by atoms with Gasteiger partial charge < -0.3 is 0 Å². The number of rotatable bonds is 6. The molecule has 1 fully saturated rings. The van der Waals surface area contributed by atoms with E-state index in [9.17, 15) is 8.42 Å². The maximum absolute atomic E-state index is 12.9. The molecule has 2 rings (SSSR count). The van der Waals surface area contributed by atoms with Crippen molar-refractivity contribution in [3.05, 3.63) is 28.3 Å². The lowest BCUT2D eigenvalue weighted by molar-refractivity contribution is 0.250. The molecular formula is C15H21Cl2NO2S. The first-order valence-electron chi connectivity index (χ1n) is 7.25. The van der Waals surface area contributed by atoms with Crippen molar-refractivity contribution < 1.29 is 8.42 Å². The Bertz CT molecular complexity index is 612. The molecule has 1 aliphatic carbocycles. The molecule has 1 saturated carbocycles. The lowest BCUT2D eigenvalue weighted by atomic mass is 9.85. The maximum Gasteiger partial charge on any atom is 0.243 e. The molecule has 0 amide bonds. The van der Waals surface area contributed by atoms with Gasteiger partial charge in [-0.25, -0.2) is 8.42 Å². The predicted molar refractivity (Wildman–Crippen MR) is 87.5 cm³/mol. The summed E-state index contributed by atoms with van der Waals surface area (Å²) < 4.78 is 27.4. The molecule has 0 saturated heterocycles. The molecule has 0 heterocycles. The average Bonchev–Trinajstić information content (AvgIpc) is 2.39. The van der Waals surface area contributed by atoms with Crippen molar-refractivity contribution in [3.63, 3.8) is 0 Å². The number of benzene rings is 1. The fraction of sp³-hybridized carbons (Fsp3) is 0.600. The van der Waals surface area contributed by atoms with E-state index in [4.69, 9.17) is 23.2 Å². The highest BCUT2D eigenvalue weighted by molar-refractivity contribution is 7.89. The first-order valence-corrected chi connectivity index (χ1v) is 9.60. The fourth-order valence-electron chi connectivity index (χ4n) is 2.61. The van der Waals surface area contributed by atoms with Gasteiger partial charge in [0.15, 0.2) is 0 Å². The van der Waals surface area contributed by atoms with Gasteiger partial charge in [0, 0.05) is 24.0 Å².